The number of nitrogens with one attached hydrogen (secondary N) is 2. The molecule has 2 aromatic rings. The van der Waals surface area contributed by atoms with E-state index in [4.69, 9.17) is 0 Å². The molecule has 2 rings (SSSR count). The summed E-state index contributed by atoms with van der Waals surface area (Å²) in [7, 11) is 3.24. The average Bonchev–Trinajstić information content (AvgIpc) is 2.59. The Bertz CT molecular complexity index is 800. The molecule has 0 aliphatic heterocycles. The molecule has 0 radical (unpaired) electrons. The van der Waals surface area contributed by atoms with Crippen molar-refractivity contribution < 1.29 is 14.4 Å². The highest BCUT2D eigenvalue weighted by molar-refractivity contribution is 6.40. The summed E-state index contributed by atoms with van der Waals surface area (Å²) in [5.74, 6) is -1.82. The van der Waals surface area contributed by atoms with E-state index in [1.165, 1.54) is 4.90 Å². The van der Waals surface area contributed by atoms with Gasteiger partial charge in [0.2, 0.25) is 0 Å². The van der Waals surface area contributed by atoms with Gasteiger partial charge in [0.05, 0.1) is 11.3 Å². The molecule has 0 aromatic heterocycles. The minimum atomic E-state index is -0.813. The van der Waals surface area contributed by atoms with Gasteiger partial charge in [-0.1, -0.05) is 42.0 Å². The molecule has 0 spiro atoms. The molecule has 25 heavy (non-hydrogen) atoms. The zero-order valence-electron chi connectivity index (χ0n) is 14.5. The smallest absolute Gasteiger partial charge is 0.313 e. The summed E-state index contributed by atoms with van der Waals surface area (Å²) < 4.78 is 0. The Kier molecular flexibility index (Phi) is 5.89. The number of rotatable bonds is 4. The summed E-state index contributed by atoms with van der Waals surface area (Å²) in [5, 5.41) is 5.07. The number of carbonyl (C=O) groups excluding carboxylic acids is 3. The summed E-state index contributed by atoms with van der Waals surface area (Å²) in [4.78, 5) is 37.6. The van der Waals surface area contributed by atoms with Crippen LogP contribution in [0.5, 0.6) is 0 Å². The predicted molar refractivity (Wildman–Crippen MR) is 96.1 cm³/mol. The molecule has 2 N–H and O–H groups in total. The van der Waals surface area contributed by atoms with Crippen LogP contribution in [-0.2, 0) is 16.1 Å². The molecule has 2 aromatic carbocycles. The molecule has 0 fully saturated rings. The second-order valence-corrected chi connectivity index (χ2v) is 5.87. The lowest BCUT2D eigenvalue weighted by molar-refractivity contribution is -0.136. The van der Waals surface area contributed by atoms with E-state index < -0.39 is 11.8 Å². The molecule has 0 saturated carbocycles. The van der Waals surface area contributed by atoms with E-state index in [2.05, 4.69) is 10.6 Å². The van der Waals surface area contributed by atoms with E-state index in [0.29, 0.717) is 11.3 Å². The van der Waals surface area contributed by atoms with Crippen LogP contribution in [0.2, 0.25) is 0 Å². The van der Waals surface area contributed by atoms with E-state index in [1.807, 2.05) is 31.2 Å². The van der Waals surface area contributed by atoms with E-state index in [-0.39, 0.29) is 12.5 Å². The standard InChI is InChI=1S/C19H21N3O3/c1-13-7-6-8-14(11-13)12-20-17(23)18(24)21-16-10-5-4-9-15(16)19(25)22(2)3/h4-11H,12H2,1-3H3,(H,20,23)(H,21,24). The second kappa shape index (κ2) is 8.10. The lowest BCUT2D eigenvalue weighted by Gasteiger charge is -2.14. The Morgan fingerprint density at radius 1 is 0.960 bits per heavy atom. The molecule has 0 saturated heterocycles. The minimum absolute atomic E-state index is 0.254. The van der Waals surface area contributed by atoms with Gasteiger partial charge in [0.25, 0.3) is 5.91 Å². The topological polar surface area (TPSA) is 78.5 Å². The van der Waals surface area contributed by atoms with E-state index in [0.717, 1.165) is 11.1 Å². The van der Waals surface area contributed by atoms with Crippen molar-refractivity contribution in [2.75, 3.05) is 19.4 Å². The van der Waals surface area contributed by atoms with E-state index in [1.54, 1.807) is 38.4 Å². The third-order valence-electron chi connectivity index (χ3n) is 3.55. The number of para-hydroxylation sites is 1. The Morgan fingerprint density at radius 2 is 1.68 bits per heavy atom. The summed E-state index contributed by atoms with van der Waals surface area (Å²) in [6, 6.07) is 14.2. The normalized spacial score (nSPS) is 10.0. The summed E-state index contributed by atoms with van der Waals surface area (Å²) in [6.45, 7) is 2.21. The Morgan fingerprint density at radius 3 is 2.36 bits per heavy atom. The maximum atomic E-state index is 12.1. The van der Waals surface area contributed by atoms with Crippen LogP contribution >= 0.6 is 0 Å². The molecule has 3 amide bonds. The van der Waals surface area contributed by atoms with Crippen LogP contribution in [0.1, 0.15) is 21.5 Å². The van der Waals surface area contributed by atoms with Gasteiger partial charge in [0, 0.05) is 20.6 Å². The first kappa shape index (κ1) is 18.2. The second-order valence-electron chi connectivity index (χ2n) is 5.87. The summed E-state index contributed by atoms with van der Waals surface area (Å²) >= 11 is 0. The summed E-state index contributed by atoms with van der Waals surface area (Å²) in [6.07, 6.45) is 0. The molecular formula is C19H21N3O3. The van der Waals surface area contributed by atoms with Crippen LogP contribution in [0.25, 0.3) is 0 Å². The molecule has 0 heterocycles. The first-order chi connectivity index (χ1) is 11.9. The predicted octanol–water partition coefficient (Wildman–Crippen LogP) is 1.95. The third-order valence-corrected chi connectivity index (χ3v) is 3.55. The number of anilines is 1. The van der Waals surface area contributed by atoms with Gasteiger partial charge in [-0.25, -0.2) is 0 Å². The highest BCUT2D eigenvalue weighted by Crippen LogP contribution is 2.16. The molecule has 0 aliphatic rings. The minimum Gasteiger partial charge on any atom is -0.345 e. The van der Waals surface area contributed by atoms with E-state index >= 15 is 0 Å². The van der Waals surface area contributed by atoms with Gasteiger partial charge in [-0.15, -0.1) is 0 Å². The lowest BCUT2D eigenvalue weighted by atomic mass is 10.1. The van der Waals surface area contributed by atoms with Crippen molar-refractivity contribution in [3.05, 3.63) is 65.2 Å². The number of hydrogen-bond acceptors (Lipinski definition) is 3. The van der Waals surface area contributed by atoms with Crippen molar-refractivity contribution in [3.8, 4) is 0 Å². The highest BCUT2D eigenvalue weighted by atomic mass is 16.2. The van der Waals surface area contributed by atoms with Crippen LogP contribution in [0.4, 0.5) is 5.69 Å². The average molecular weight is 339 g/mol. The molecule has 6 nitrogen and oxygen atoms in total. The molecule has 0 atom stereocenters. The van der Waals surface area contributed by atoms with E-state index in [9.17, 15) is 14.4 Å². The first-order valence-electron chi connectivity index (χ1n) is 7.84. The maximum absolute atomic E-state index is 12.1. The molecule has 130 valence electrons. The van der Waals surface area contributed by atoms with Crippen LogP contribution in [0, 0.1) is 6.92 Å². The number of aryl methyl sites for hydroxylation is 1. The van der Waals surface area contributed by atoms with Crippen molar-refractivity contribution in [2.24, 2.45) is 0 Å². The van der Waals surface area contributed by atoms with Crippen LogP contribution in [-0.4, -0.2) is 36.7 Å². The fraction of sp³-hybridized carbons (Fsp3) is 0.211. The van der Waals surface area contributed by atoms with Crippen molar-refractivity contribution >= 4 is 23.4 Å². The molecule has 0 bridgehead atoms. The number of carbonyl (C=O) groups is 3. The fourth-order valence-corrected chi connectivity index (χ4v) is 2.28. The van der Waals surface area contributed by atoms with Crippen molar-refractivity contribution in [3.63, 3.8) is 0 Å². The van der Waals surface area contributed by atoms with Crippen molar-refractivity contribution in [1.29, 1.82) is 0 Å². The molecular weight excluding hydrogens is 318 g/mol. The van der Waals surface area contributed by atoms with Crippen LogP contribution < -0.4 is 10.6 Å². The SMILES string of the molecule is Cc1cccc(CNC(=O)C(=O)Nc2ccccc2C(=O)N(C)C)c1. The maximum Gasteiger partial charge on any atom is 0.313 e. The Balaban J connectivity index is 2.02. The molecule has 0 unspecified atom stereocenters. The Hall–Kier alpha value is -3.15. The first-order valence-corrected chi connectivity index (χ1v) is 7.84. The van der Waals surface area contributed by atoms with Gasteiger partial charge in [-0.05, 0) is 24.6 Å². The van der Waals surface area contributed by atoms with Crippen molar-refractivity contribution in [2.45, 2.75) is 13.5 Å². The fourth-order valence-electron chi connectivity index (χ4n) is 2.28. The number of benzene rings is 2. The zero-order chi connectivity index (χ0) is 18.4. The Labute approximate surface area is 146 Å². The largest absolute Gasteiger partial charge is 0.345 e. The van der Waals surface area contributed by atoms with Gasteiger partial charge < -0.3 is 15.5 Å². The number of nitrogens with zero attached hydrogens (tertiary/aromatic N) is 1. The number of hydrogen-bond donors (Lipinski definition) is 2. The van der Waals surface area contributed by atoms with Gasteiger partial charge in [-0.2, -0.15) is 0 Å². The van der Waals surface area contributed by atoms with Gasteiger partial charge in [0.1, 0.15) is 0 Å². The third kappa shape index (κ3) is 4.91. The quantitative estimate of drug-likeness (QED) is 0.836. The zero-order valence-corrected chi connectivity index (χ0v) is 14.5. The highest BCUT2D eigenvalue weighted by Gasteiger charge is 2.18. The summed E-state index contributed by atoms with van der Waals surface area (Å²) in [5.41, 5.74) is 2.61. The monoisotopic (exact) mass is 339 g/mol. The van der Waals surface area contributed by atoms with Crippen molar-refractivity contribution in [1.82, 2.24) is 10.2 Å². The molecule has 0 aliphatic carbocycles. The van der Waals surface area contributed by atoms with Gasteiger partial charge in [-0.3, -0.25) is 14.4 Å². The van der Waals surface area contributed by atoms with Gasteiger partial charge in [0.15, 0.2) is 0 Å². The van der Waals surface area contributed by atoms with Crippen LogP contribution in [0.3, 0.4) is 0 Å². The van der Waals surface area contributed by atoms with Gasteiger partial charge >= 0.3 is 11.8 Å². The van der Waals surface area contributed by atoms with Crippen LogP contribution in [0.15, 0.2) is 48.5 Å². The molecule has 6 heteroatoms. The lowest BCUT2D eigenvalue weighted by Crippen LogP contribution is -2.35. The number of amides is 3.